The first-order chi connectivity index (χ1) is 14.9. The number of ether oxygens (including phenoxy) is 1. The Balaban J connectivity index is 1.38. The molecule has 4 aliphatic carbocycles. The van der Waals surface area contributed by atoms with E-state index in [4.69, 9.17) is 4.74 Å². The van der Waals surface area contributed by atoms with Crippen LogP contribution in [0.5, 0.6) is 0 Å². The highest BCUT2D eigenvalue weighted by atomic mass is 16.5. The fraction of sp³-hybridized carbons (Fsp3) is 0.481. The zero-order chi connectivity index (χ0) is 21.6. The van der Waals surface area contributed by atoms with E-state index in [0.29, 0.717) is 24.0 Å². The van der Waals surface area contributed by atoms with Crippen LogP contribution in [-0.4, -0.2) is 18.5 Å². The molecule has 1 N–H and O–H groups in total. The molecule has 0 unspecified atom stereocenters. The van der Waals surface area contributed by atoms with Gasteiger partial charge in [-0.05, 0) is 99.5 Å². The Kier molecular flexibility index (Phi) is 4.91. The number of hydrogen-bond donors (Lipinski definition) is 1. The molecule has 162 valence electrons. The van der Waals surface area contributed by atoms with Crippen LogP contribution in [0.4, 0.5) is 5.69 Å². The number of benzene rings is 2. The summed E-state index contributed by atoms with van der Waals surface area (Å²) in [5, 5.41) is 3.18. The molecule has 4 aliphatic rings. The van der Waals surface area contributed by atoms with Crippen LogP contribution < -0.4 is 5.32 Å². The Hall–Kier alpha value is -2.62. The molecule has 31 heavy (non-hydrogen) atoms. The van der Waals surface area contributed by atoms with Gasteiger partial charge in [0.1, 0.15) is 0 Å². The maximum atomic E-state index is 13.6. The zero-order valence-corrected chi connectivity index (χ0v) is 18.4. The number of esters is 1. The van der Waals surface area contributed by atoms with Crippen molar-refractivity contribution in [3.8, 4) is 0 Å². The minimum atomic E-state index is -0.332. The highest BCUT2D eigenvalue weighted by Crippen LogP contribution is 2.66. The number of hydrogen-bond acceptors (Lipinski definition) is 3. The predicted molar refractivity (Wildman–Crippen MR) is 121 cm³/mol. The van der Waals surface area contributed by atoms with Crippen molar-refractivity contribution in [2.75, 3.05) is 11.9 Å². The fourth-order valence-corrected chi connectivity index (χ4v) is 6.94. The number of rotatable bonds is 5. The molecule has 0 saturated heterocycles. The van der Waals surface area contributed by atoms with Crippen LogP contribution in [0.25, 0.3) is 0 Å². The van der Waals surface area contributed by atoms with Crippen molar-refractivity contribution in [3.63, 3.8) is 0 Å². The molecule has 4 saturated carbocycles. The zero-order valence-electron chi connectivity index (χ0n) is 18.4. The van der Waals surface area contributed by atoms with Crippen LogP contribution in [0.3, 0.4) is 0 Å². The minimum absolute atomic E-state index is 0.142. The molecule has 0 aromatic heterocycles. The highest BCUT2D eigenvalue weighted by molar-refractivity contribution is 5.96. The molecule has 2 atom stereocenters. The Bertz CT molecular complexity index is 978. The third-order valence-electron chi connectivity index (χ3n) is 7.86. The molecule has 0 spiro atoms. The Morgan fingerprint density at radius 2 is 1.61 bits per heavy atom. The summed E-state index contributed by atoms with van der Waals surface area (Å²) >= 11 is 0. The van der Waals surface area contributed by atoms with Crippen molar-refractivity contribution in [1.29, 1.82) is 0 Å². The van der Waals surface area contributed by atoms with E-state index in [1.807, 2.05) is 0 Å². The second-order valence-corrected chi connectivity index (χ2v) is 10.1. The molecular weight excluding hydrogens is 386 g/mol. The topological polar surface area (TPSA) is 55.4 Å². The Morgan fingerprint density at radius 1 is 0.968 bits per heavy atom. The molecular formula is C27H31NO3. The van der Waals surface area contributed by atoms with Crippen molar-refractivity contribution in [2.24, 2.45) is 17.3 Å². The van der Waals surface area contributed by atoms with Gasteiger partial charge in [0.05, 0.1) is 17.6 Å². The van der Waals surface area contributed by atoms with Gasteiger partial charge in [-0.25, -0.2) is 4.79 Å². The molecule has 2 aromatic rings. The van der Waals surface area contributed by atoms with Crippen LogP contribution in [0.15, 0.2) is 48.5 Å². The van der Waals surface area contributed by atoms with E-state index in [0.717, 1.165) is 24.9 Å². The summed E-state index contributed by atoms with van der Waals surface area (Å²) in [7, 11) is 0. The van der Waals surface area contributed by atoms with Gasteiger partial charge >= 0.3 is 5.97 Å². The van der Waals surface area contributed by atoms with E-state index < -0.39 is 0 Å². The number of carbonyl (C=O) groups is 2. The monoisotopic (exact) mass is 417 g/mol. The average molecular weight is 418 g/mol. The summed E-state index contributed by atoms with van der Waals surface area (Å²) in [5.41, 5.74) is 3.82. The Morgan fingerprint density at radius 3 is 2.23 bits per heavy atom. The first kappa shape index (κ1) is 20.3. The van der Waals surface area contributed by atoms with Gasteiger partial charge in [0, 0.05) is 5.69 Å². The summed E-state index contributed by atoms with van der Waals surface area (Å²) in [6.45, 7) is 4.28. The fourth-order valence-electron chi connectivity index (χ4n) is 6.94. The first-order valence-electron chi connectivity index (χ1n) is 11.6. The predicted octanol–water partition coefficient (Wildman–Crippen LogP) is 5.65. The van der Waals surface area contributed by atoms with E-state index in [2.05, 4.69) is 36.5 Å². The molecule has 4 bridgehead atoms. The highest BCUT2D eigenvalue weighted by Gasteiger charge is 2.60. The summed E-state index contributed by atoms with van der Waals surface area (Å²) in [4.78, 5) is 25.5. The van der Waals surface area contributed by atoms with Crippen LogP contribution in [0.1, 0.15) is 66.9 Å². The van der Waals surface area contributed by atoms with Crippen molar-refractivity contribution >= 4 is 17.6 Å². The van der Waals surface area contributed by atoms with Crippen LogP contribution in [-0.2, 0) is 14.9 Å². The third-order valence-corrected chi connectivity index (χ3v) is 7.86. The minimum Gasteiger partial charge on any atom is -0.462 e. The average Bonchev–Trinajstić information content (AvgIpc) is 2.74. The molecule has 0 heterocycles. The van der Waals surface area contributed by atoms with Crippen LogP contribution in [0.2, 0.25) is 0 Å². The normalized spacial score (nSPS) is 30.8. The summed E-state index contributed by atoms with van der Waals surface area (Å²) in [6.07, 6.45) is 6.67. The lowest BCUT2D eigenvalue weighted by Crippen LogP contribution is -2.57. The van der Waals surface area contributed by atoms with Crippen molar-refractivity contribution < 1.29 is 14.3 Å². The number of nitrogens with one attached hydrogen (secondary N) is 1. The molecule has 0 aliphatic heterocycles. The maximum absolute atomic E-state index is 13.6. The molecule has 2 aromatic carbocycles. The number of carbonyl (C=O) groups excluding carboxylic acids is 2. The largest absolute Gasteiger partial charge is 0.462 e. The van der Waals surface area contributed by atoms with E-state index in [9.17, 15) is 9.59 Å². The number of amides is 1. The molecule has 4 heteroatoms. The standard InChI is InChI=1S/C27H31NO3/c1-3-31-24(29)21-6-10-23(11-7-21)28-25(30)27-15-19-12-20(16-27)14-26(13-19,17-27)22-8-4-18(2)5-9-22/h4-11,19-20H,3,12-17H2,1-2H3,(H,28,30)/t19-,20-,26?,27?/m1/s1. The van der Waals surface area contributed by atoms with Gasteiger partial charge in [-0.2, -0.15) is 0 Å². The lowest BCUT2D eigenvalue weighted by Gasteiger charge is -2.61. The number of aryl methyl sites for hydroxylation is 1. The second-order valence-electron chi connectivity index (χ2n) is 10.1. The van der Waals surface area contributed by atoms with Crippen LogP contribution in [0, 0.1) is 24.2 Å². The van der Waals surface area contributed by atoms with Gasteiger partial charge in [-0.15, -0.1) is 0 Å². The van der Waals surface area contributed by atoms with E-state index in [-0.39, 0.29) is 22.7 Å². The number of anilines is 1. The van der Waals surface area contributed by atoms with Crippen LogP contribution >= 0.6 is 0 Å². The quantitative estimate of drug-likeness (QED) is 0.640. The van der Waals surface area contributed by atoms with E-state index in [1.54, 1.807) is 31.2 Å². The Labute approximate surface area is 184 Å². The van der Waals surface area contributed by atoms with Crippen molar-refractivity contribution in [1.82, 2.24) is 0 Å². The molecule has 0 radical (unpaired) electrons. The van der Waals surface area contributed by atoms with Gasteiger partial charge in [-0.3, -0.25) is 4.79 Å². The van der Waals surface area contributed by atoms with Crippen molar-refractivity contribution in [2.45, 2.75) is 57.8 Å². The van der Waals surface area contributed by atoms with Gasteiger partial charge in [0.15, 0.2) is 0 Å². The summed E-state index contributed by atoms with van der Waals surface area (Å²) in [6, 6.07) is 16.1. The SMILES string of the molecule is CCOC(=O)c1ccc(NC(=O)C23C[C@@H]4C[C@@H](C2)CC(c2ccc(C)cc2)(C4)C3)cc1. The van der Waals surface area contributed by atoms with Gasteiger partial charge in [0.2, 0.25) is 5.91 Å². The van der Waals surface area contributed by atoms with E-state index >= 15 is 0 Å². The lowest BCUT2D eigenvalue weighted by atomic mass is 9.42. The summed E-state index contributed by atoms with van der Waals surface area (Å²) in [5.74, 6) is 1.10. The second kappa shape index (κ2) is 7.51. The molecule has 1 amide bonds. The van der Waals surface area contributed by atoms with E-state index in [1.165, 1.54) is 30.4 Å². The smallest absolute Gasteiger partial charge is 0.338 e. The molecule has 6 rings (SSSR count). The van der Waals surface area contributed by atoms with Gasteiger partial charge in [0.25, 0.3) is 0 Å². The third kappa shape index (κ3) is 3.56. The summed E-state index contributed by atoms with van der Waals surface area (Å²) < 4.78 is 5.05. The van der Waals surface area contributed by atoms with Gasteiger partial charge < -0.3 is 10.1 Å². The molecule has 4 fully saturated rings. The van der Waals surface area contributed by atoms with Crippen molar-refractivity contribution in [3.05, 3.63) is 65.2 Å². The first-order valence-corrected chi connectivity index (χ1v) is 11.6. The van der Waals surface area contributed by atoms with Gasteiger partial charge in [-0.1, -0.05) is 29.8 Å². The molecule has 4 nitrogen and oxygen atoms in total. The lowest BCUT2D eigenvalue weighted by molar-refractivity contribution is -0.143. The maximum Gasteiger partial charge on any atom is 0.338 e.